The van der Waals surface area contributed by atoms with Gasteiger partial charge in [-0.3, -0.25) is 4.79 Å². The van der Waals surface area contributed by atoms with E-state index in [4.69, 9.17) is 5.26 Å². The molecule has 0 spiro atoms. The van der Waals surface area contributed by atoms with Gasteiger partial charge in [0, 0.05) is 11.2 Å². The van der Waals surface area contributed by atoms with Gasteiger partial charge in [-0.15, -0.1) is 11.3 Å². The smallest absolute Gasteiger partial charge is 0.322 e. The first-order valence-corrected chi connectivity index (χ1v) is 5.82. The molecule has 80 valence electrons. The number of thiophene rings is 1. The molecule has 0 aliphatic carbocycles. The number of benzene rings is 1. The summed E-state index contributed by atoms with van der Waals surface area (Å²) in [6.07, 6.45) is 0.761. The van der Waals surface area contributed by atoms with Crippen LogP contribution in [0.4, 0.5) is 0 Å². The Morgan fingerprint density at radius 1 is 1.44 bits per heavy atom. The number of amides is 1. The molecule has 3 nitrogen and oxygen atoms in total. The van der Waals surface area contributed by atoms with Gasteiger partial charge in [0.05, 0.1) is 0 Å². The Balaban J connectivity index is 2.05. The van der Waals surface area contributed by atoms with Crippen LogP contribution in [0.2, 0.25) is 0 Å². The fraction of sp³-hybridized carbons (Fsp3) is 0.167. The van der Waals surface area contributed by atoms with Gasteiger partial charge in [-0.2, -0.15) is 5.26 Å². The summed E-state index contributed by atoms with van der Waals surface area (Å²) in [6, 6.07) is 9.71. The molecular formula is C12H10N2OS. The molecule has 1 aromatic heterocycles. The van der Waals surface area contributed by atoms with Gasteiger partial charge in [-0.1, -0.05) is 18.2 Å². The second kappa shape index (κ2) is 4.77. The minimum absolute atomic E-state index is 0.507. The quantitative estimate of drug-likeness (QED) is 0.821. The number of rotatable bonds is 3. The standard InChI is InChI=1S/C12H10N2OS/c13-7-12(15)14-6-5-9-8-16-11-4-2-1-3-10(9)11/h1-4,8H,5-6H2,(H,14,15). The number of nitrogens with one attached hydrogen (secondary N) is 1. The average Bonchev–Trinajstić information content (AvgIpc) is 2.73. The van der Waals surface area contributed by atoms with Crippen molar-refractivity contribution in [1.29, 1.82) is 5.26 Å². The van der Waals surface area contributed by atoms with E-state index >= 15 is 0 Å². The molecule has 0 bridgehead atoms. The molecule has 0 atom stereocenters. The maximum Gasteiger partial charge on any atom is 0.322 e. The Kier molecular flexibility index (Phi) is 3.18. The molecule has 1 heterocycles. The van der Waals surface area contributed by atoms with Crippen LogP contribution < -0.4 is 5.32 Å². The number of nitriles is 1. The average molecular weight is 230 g/mol. The van der Waals surface area contributed by atoms with Gasteiger partial charge in [0.2, 0.25) is 0 Å². The molecule has 0 saturated carbocycles. The molecule has 0 fully saturated rings. The number of fused-ring (bicyclic) bond motifs is 1. The summed E-state index contributed by atoms with van der Waals surface area (Å²) >= 11 is 1.70. The highest BCUT2D eigenvalue weighted by molar-refractivity contribution is 7.17. The van der Waals surface area contributed by atoms with Gasteiger partial charge in [0.1, 0.15) is 0 Å². The molecule has 0 aliphatic heterocycles. The molecule has 4 heteroatoms. The maximum atomic E-state index is 10.7. The molecule has 2 rings (SSSR count). The first-order chi connectivity index (χ1) is 7.81. The van der Waals surface area contributed by atoms with Crippen LogP contribution in [0, 0.1) is 11.3 Å². The Morgan fingerprint density at radius 2 is 2.25 bits per heavy atom. The Bertz CT molecular complexity index is 553. The summed E-state index contributed by atoms with van der Waals surface area (Å²) in [5.41, 5.74) is 1.22. The third-order valence-corrected chi connectivity index (χ3v) is 3.35. The van der Waals surface area contributed by atoms with Crippen molar-refractivity contribution in [1.82, 2.24) is 5.32 Å². The highest BCUT2D eigenvalue weighted by Crippen LogP contribution is 2.25. The zero-order valence-electron chi connectivity index (χ0n) is 8.56. The van der Waals surface area contributed by atoms with Gasteiger partial charge < -0.3 is 5.32 Å². The second-order valence-corrected chi connectivity index (χ2v) is 4.29. The first kappa shape index (κ1) is 10.7. The van der Waals surface area contributed by atoms with E-state index in [1.807, 2.05) is 12.1 Å². The summed E-state index contributed by atoms with van der Waals surface area (Å²) < 4.78 is 1.25. The van der Waals surface area contributed by atoms with E-state index in [2.05, 4.69) is 22.8 Å². The number of nitrogens with zero attached hydrogens (tertiary/aromatic N) is 1. The van der Waals surface area contributed by atoms with Crippen molar-refractivity contribution in [3.05, 3.63) is 35.2 Å². The predicted octanol–water partition coefficient (Wildman–Crippen LogP) is 2.08. The minimum Gasteiger partial charge on any atom is -0.343 e. The highest BCUT2D eigenvalue weighted by atomic mass is 32.1. The lowest BCUT2D eigenvalue weighted by molar-refractivity contribution is -0.115. The Labute approximate surface area is 97.3 Å². The molecule has 1 N–H and O–H groups in total. The van der Waals surface area contributed by atoms with Crippen LogP contribution in [-0.4, -0.2) is 12.5 Å². The molecule has 0 unspecified atom stereocenters. The monoisotopic (exact) mass is 230 g/mol. The summed E-state index contributed by atoms with van der Waals surface area (Å²) in [5.74, 6) is -0.570. The van der Waals surface area contributed by atoms with Crippen LogP contribution in [0.25, 0.3) is 10.1 Å². The van der Waals surface area contributed by atoms with Crippen LogP contribution in [0.3, 0.4) is 0 Å². The van der Waals surface area contributed by atoms with Crippen molar-refractivity contribution >= 4 is 27.3 Å². The van der Waals surface area contributed by atoms with Crippen LogP contribution in [0.1, 0.15) is 5.56 Å². The fourth-order valence-corrected chi connectivity index (χ4v) is 2.57. The molecule has 1 aromatic carbocycles. The van der Waals surface area contributed by atoms with Crippen molar-refractivity contribution in [2.24, 2.45) is 0 Å². The van der Waals surface area contributed by atoms with E-state index in [9.17, 15) is 4.79 Å². The zero-order valence-corrected chi connectivity index (χ0v) is 9.38. The Morgan fingerprint density at radius 3 is 3.06 bits per heavy atom. The zero-order chi connectivity index (χ0) is 11.4. The van der Waals surface area contributed by atoms with Gasteiger partial charge in [-0.25, -0.2) is 0 Å². The SMILES string of the molecule is N#CC(=O)NCCc1csc2ccccc12. The largest absolute Gasteiger partial charge is 0.343 e. The third kappa shape index (κ3) is 2.20. The molecule has 1 amide bonds. The summed E-state index contributed by atoms with van der Waals surface area (Å²) in [5, 5.41) is 14.2. The molecule has 0 saturated heterocycles. The van der Waals surface area contributed by atoms with Crippen molar-refractivity contribution in [2.75, 3.05) is 6.54 Å². The lowest BCUT2D eigenvalue weighted by Crippen LogP contribution is -2.23. The number of carbonyl (C=O) groups excluding carboxylic acids is 1. The van der Waals surface area contributed by atoms with Gasteiger partial charge in [0.15, 0.2) is 6.07 Å². The number of carbonyl (C=O) groups is 1. The number of hydrogen-bond acceptors (Lipinski definition) is 3. The topological polar surface area (TPSA) is 52.9 Å². The van der Waals surface area contributed by atoms with Crippen molar-refractivity contribution < 1.29 is 4.79 Å². The Hall–Kier alpha value is -1.86. The first-order valence-electron chi connectivity index (χ1n) is 4.94. The molecule has 0 aliphatic rings. The van der Waals surface area contributed by atoms with Crippen LogP contribution in [-0.2, 0) is 11.2 Å². The van der Waals surface area contributed by atoms with Gasteiger partial charge in [-0.05, 0) is 28.8 Å². The molecule has 2 aromatic rings. The van der Waals surface area contributed by atoms with Gasteiger partial charge >= 0.3 is 5.91 Å². The third-order valence-electron chi connectivity index (χ3n) is 2.34. The van der Waals surface area contributed by atoms with Crippen LogP contribution in [0.15, 0.2) is 29.6 Å². The highest BCUT2D eigenvalue weighted by Gasteiger charge is 2.03. The van der Waals surface area contributed by atoms with Crippen molar-refractivity contribution in [2.45, 2.75) is 6.42 Å². The van der Waals surface area contributed by atoms with E-state index in [0.717, 1.165) is 6.42 Å². The normalized spacial score (nSPS) is 9.94. The van der Waals surface area contributed by atoms with E-state index in [-0.39, 0.29) is 0 Å². The minimum atomic E-state index is -0.570. The summed E-state index contributed by atoms with van der Waals surface area (Å²) in [7, 11) is 0. The van der Waals surface area contributed by atoms with Crippen molar-refractivity contribution in [3.63, 3.8) is 0 Å². The summed E-state index contributed by atoms with van der Waals surface area (Å²) in [4.78, 5) is 10.7. The number of hydrogen-bond donors (Lipinski definition) is 1. The molecule has 16 heavy (non-hydrogen) atoms. The lowest BCUT2D eigenvalue weighted by Gasteiger charge is -1.99. The maximum absolute atomic E-state index is 10.7. The van der Waals surface area contributed by atoms with Crippen LogP contribution in [0.5, 0.6) is 0 Å². The summed E-state index contributed by atoms with van der Waals surface area (Å²) in [6.45, 7) is 0.507. The van der Waals surface area contributed by atoms with E-state index in [1.165, 1.54) is 21.7 Å². The fourth-order valence-electron chi connectivity index (χ4n) is 1.58. The van der Waals surface area contributed by atoms with E-state index in [1.54, 1.807) is 11.3 Å². The second-order valence-electron chi connectivity index (χ2n) is 3.37. The predicted molar refractivity (Wildman–Crippen MR) is 64.2 cm³/mol. The van der Waals surface area contributed by atoms with Crippen molar-refractivity contribution in [3.8, 4) is 6.07 Å². The van der Waals surface area contributed by atoms with E-state index < -0.39 is 5.91 Å². The lowest BCUT2D eigenvalue weighted by atomic mass is 10.1. The van der Waals surface area contributed by atoms with Crippen LogP contribution >= 0.6 is 11.3 Å². The van der Waals surface area contributed by atoms with Gasteiger partial charge in [0.25, 0.3) is 0 Å². The molecule has 0 radical (unpaired) electrons. The van der Waals surface area contributed by atoms with E-state index in [0.29, 0.717) is 6.54 Å². The molecular weight excluding hydrogens is 220 g/mol.